The van der Waals surface area contributed by atoms with Gasteiger partial charge in [-0.25, -0.2) is 0 Å². The third-order valence-corrected chi connectivity index (χ3v) is 6.72. The molecule has 4 rings (SSSR count). The van der Waals surface area contributed by atoms with E-state index in [1.807, 2.05) is 24.3 Å². The van der Waals surface area contributed by atoms with E-state index in [-0.39, 0.29) is 11.9 Å². The zero-order valence-corrected chi connectivity index (χ0v) is 22.5. The molecule has 0 spiro atoms. The highest BCUT2D eigenvalue weighted by Gasteiger charge is 2.30. The van der Waals surface area contributed by atoms with E-state index in [2.05, 4.69) is 21.2 Å². The van der Waals surface area contributed by atoms with Crippen LogP contribution in [-0.4, -0.2) is 30.6 Å². The summed E-state index contributed by atoms with van der Waals surface area (Å²) in [7, 11) is 0. The average Bonchev–Trinajstić information content (AvgIpc) is 2.86. The summed E-state index contributed by atoms with van der Waals surface area (Å²) < 4.78 is 17.8. The molecule has 2 unspecified atom stereocenters. The molecular formula is C27H24BrCl2NO5. The van der Waals surface area contributed by atoms with E-state index in [1.165, 1.54) is 0 Å². The van der Waals surface area contributed by atoms with E-state index < -0.39 is 11.4 Å². The summed E-state index contributed by atoms with van der Waals surface area (Å²) in [5, 5.41) is 3.13. The van der Waals surface area contributed by atoms with Crippen molar-refractivity contribution in [2.75, 3.05) is 13.2 Å². The first-order valence-electron chi connectivity index (χ1n) is 11.4. The van der Waals surface area contributed by atoms with Gasteiger partial charge in [0, 0.05) is 28.1 Å². The fourth-order valence-electron chi connectivity index (χ4n) is 3.86. The lowest BCUT2D eigenvalue weighted by Crippen LogP contribution is -2.32. The van der Waals surface area contributed by atoms with E-state index in [1.54, 1.807) is 43.3 Å². The number of fused-ring (bicyclic) bond motifs is 1. The van der Waals surface area contributed by atoms with Crippen molar-refractivity contribution in [1.82, 2.24) is 5.32 Å². The van der Waals surface area contributed by atoms with Crippen molar-refractivity contribution in [2.24, 2.45) is 0 Å². The fraction of sp³-hybridized carbons (Fsp3) is 0.259. The molecular weight excluding hydrogens is 569 g/mol. The van der Waals surface area contributed by atoms with Crippen molar-refractivity contribution in [2.45, 2.75) is 31.2 Å². The Labute approximate surface area is 228 Å². The SMILES string of the molecule is CCOC(=O)C1CCOc2cc(Oc3ccc(C(=O)NC(Cl)Cc4ccc(Br)cc4)cc3)c(Cl)cc21. The summed E-state index contributed by atoms with van der Waals surface area (Å²) in [4.78, 5) is 24.9. The molecule has 6 nitrogen and oxygen atoms in total. The molecule has 3 aromatic rings. The normalized spacial score (nSPS) is 15.3. The van der Waals surface area contributed by atoms with Gasteiger partial charge in [0.05, 0.1) is 24.2 Å². The summed E-state index contributed by atoms with van der Waals surface area (Å²) in [6.45, 7) is 2.48. The van der Waals surface area contributed by atoms with Crippen LogP contribution in [0.1, 0.15) is 40.7 Å². The minimum absolute atomic E-state index is 0.288. The van der Waals surface area contributed by atoms with Gasteiger partial charge in [-0.2, -0.15) is 0 Å². The van der Waals surface area contributed by atoms with Gasteiger partial charge in [-0.3, -0.25) is 9.59 Å². The molecule has 1 amide bonds. The number of alkyl halides is 1. The third-order valence-electron chi connectivity index (χ3n) is 5.64. The van der Waals surface area contributed by atoms with Crippen molar-refractivity contribution in [3.05, 3.63) is 86.8 Å². The number of hydrogen-bond acceptors (Lipinski definition) is 5. The maximum Gasteiger partial charge on any atom is 0.313 e. The summed E-state index contributed by atoms with van der Waals surface area (Å²) in [6, 6.07) is 17.7. The fourth-order valence-corrected chi connectivity index (χ4v) is 4.61. The number of amides is 1. The number of hydrogen-bond donors (Lipinski definition) is 1. The van der Waals surface area contributed by atoms with E-state index in [9.17, 15) is 9.59 Å². The van der Waals surface area contributed by atoms with Crippen molar-refractivity contribution >= 4 is 51.0 Å². The molecule has 0 fully saturated rings. The molecule has 0 radical (unpaired) electrons. The number of nitrogens with one attached hydrogen (secondary N) is 1. The first-order chi connectivity index (χ1) is 17.3. The van der Waals surface area contributed by atoms with Crippen LogP contribution in [0.5, 0.6) is 17.2 Å². The zero-order valence-electron chi connectivity index (χ0n) is 19.4. The molecule has 9 heteroatoms. The van der Waals surface area contributed by atoms with E-state index >= 15 is 0 Å². The molecule has 3 aromatic carbocycles. The average molecular weight is 593 g/mol. The molecule has 1 heterocycles. The monoisotopic (exact) mass is 591 g/mol. The molecule has 0 aromatic heterocycles. The molecule has 1 N–H and O–H groups in total. The Morgan fingerprint density at radius 2 is 1.86 bits per heavy atom. The summed E-state index contributed by atoms with van der Waals surface area (Å²) >= 11 is 16.2. The maximum atomic E-state index is 12.6. The number of carbonyl (C=O) groups is 2. The Morgan fingerprint density at radius 3 is 2.56 bits per heavy atom. The van der Waals surface area contributed by atoms with E-state index in [0.717, 1.165) is 10.0 Å². The number of carbonyl (C=O) groups excluding carboxylic acids is 2. The Morgan fingerprint density at radius 1 is 1.14 bits per heavy atom. The third kappa shape index (κ3) is 6.52. The number of esters is 1. The largest absolute Gasteiger partial charge is 0.493 e. The summed E-state index contributed by atoms with van der Waals surface area (Å²) in [5.41, 5.74) is 1.59. The van der Waals surface area contributed by atoms with Crippen LogP contribution < -0.4 is 14.8 Å². The van der Waals surface area contributed by atoms with Crippen LogP contribution in [-0.2, 0) is 16.0 Å². The molecule has 0 saturated carbocycles. The smallest absolute Gasteiger partial charge is 0.313 e. The summed E-state index contributed by atoms with van der Waals surface area (Å²) in [5.74, 6) is 0.401. The molecule has 188 valence electrons. The first kappa shape index (κ1) is 26.3. The van der Waals surface area contributed by atoms with Crippen LogP contribution in [0.3, 0.4) is 0 Å². The minimum Gasteiger partial charge on any atom is -0.493 e. The van der Waals surface area contributed by atoms with Gasteiger partial charge >= 0.3 is 5.97 Å². The highest BCUT2D eigenvalue weighted by molar-refractivity contribution is 9.10. The van der Waals surface area contributed by atoms with Crippen molar-refractivity contribution in [1.29, 1.82) is 0 Å². The Hall–Kier alpha value is -2.74. The quantitative estimate of drug-likeness (QED) is 0.176. The highest BCUT2D eigenvalue weighted by atomic mass is 79.9. The van der Waals surface area contributed by atoms with Crippen LogP contribution in [0.4, 0.5) is 0 Å². The van der Waals surface area contributed by atoms with Gasteiger partial charge in [0.15, 0.2) is 0 Å². The molecule has 1 aliphatic heterocycles. The Kier molecular flexibility index (Phi) is 8.77. The second-order valence-electron chi connectivity index (χ2n) is 8.16. The van der Waals surface area contributed by atoms with Crippen LogP contribution in [0.15, 0.2) is 65.1 Å². The second kappa shape index (κ2) is 12.0. The standard InChI is InChI=1S/C27H24BrCl2NO5/c1-2-34-27(33)20-11-12-35-23-15-24(22(29)14-21(20)23)36-19-9-5-17(6-10-19)26(32)31-25(30)13-16-3-7-18(28)8-4-16/h3-10,14-15,20,25H,2,11-13H2,1H3,(H,31,32). The second-order valence-corrected chi connectivity index (χ2v) is 10.0. The van der Waals surface area contributed by atoms with Crippen LogP contribution >= 0.6 is 39.1 Å². The molecule has 1 aliphatic rings. The van der Waals surface area contributed by atoms with Gasteiger partial charge in [-0.15, -0.1) is 0 Å². The first-order valence-corrected chi connectivity index (χ1v) is 13.0. The number of ether oxygens (including phenoxy) is 3. The lowest BCUT2D eigenvalue weighted by molar-refractivity contribution is -0.145. The molecule has 0 bridgehead atoms. The van der Waals surface area contributed by atoms with Crippen LogP contribution in [0, 0.1) is 0 Å². The molecule has 2 atom stereocenters. The molecule has 36 heavy (non-hydrogen) atoms. The van der Waals surface area contributed by atoms with Crippen molar-refractivity contribution in [3.8, 4) is 17.2 Å². The van der Waals surface area contributed by atoms with Gasteiger partial charge in [-0.1, -0.05) is 51.3 Å². The van der Waals surface area contributed by atoms with Gasteiger partial charge in [0.1, 0.15) is 22.7 Å². The molecule has 0 aliphatic carbocycles. The zero-order chi connectivity index (χ0) is 25.7. The predicted octanol–water partition coefficient (Wildman–Crippen LogP) is 6.86. The number of halogens is 3. The van der Waals surface area contributed by atoms with E-state index in [0.29, 0.717) is 59.5 Å². The summed E-state index contributed by atoms with van der Waals surface area (Å²) in [6.07, 6.45) is 1.02. The van der Waals surface area contributed by atoms with Gasteiger partial charge < -0.3 is 19.5 Å². The topological polar surface area (TPSA) is 73.9 Å². The Bertz CT molecular complexity index is 1230. The lowest BCUT2D eigenvalue weighted by atomic mass is 9.93. The van der Waals surface area contributed by atoms with Gasteiger partial charge in [0.25, 0.3) is 5.91 Å². The highest BCUT2D eigenvalue weighted by Crippen LogP contribution is 2.42. The van der Waals surface area contributed by atoms with Crippen molar-refractivity contribution < 1.29 is 23.8 Å². The maximum absolute atomic E-state index is 12.6. The van der Waals surface area contributed by atoms with Gasteiger partial charge in [0.2, 0.25) is 0 Å². The van der Waals surface area contributed by atoms with Crippen molar-refractivity contribution in [3.63, 3.8) is 0 Å². The molecule has 0 saturated heterocycles. The van der Waals surface area contributed by atoms with Gasteiger partial charge in [-0.05, 0) is 61.4 Å². The Balaban J connectivity index is 1.40. The van der Waals surface area contributed by atoms with E-state index in [4.69, 9.17) is 37.4 Å². The number of benzene rings is 3. The number of rotatable bonds is 8. The van der Waals surface area contributed by atoms with Crippen LogP contribution in [0.2, 0.25) is 5.02 Å². The lowest BCUT2D eigenvalue weighted by Gasteiger charge is -2.25. The minimum atomic E-state index is -0.553. The van der Waals surface area contributed by atoms with Crippen LogP contribution in [0.25, 0.3) is 0 Å². The predicted molar refractivity (Wildman–Crippen MR) is 142 cm³/mol.